The molecule has 3 aromatic carbocycles. The zero-order valence-corrected chi connectivity index (χ0v) is 28.4. The molecule has 6 rings (SSSR count). The highest BCUT2D eigenvalue weighted by atomic mass is 32.2. The van der Waals surface area contributed by atoms with Gasteiger partial charge >= 0.3 is 5.97 Å². The van der Waals surface area contributed by atoms with Crippen molar-refractivity contribution in [1.29, 1.82) is 0 Å². The monoisotopic (exact) mass is 672 g/mol. The summed E-state index contributed by atoms with van der Waals surface area (Å²) in [6.07, 6.45) is 7.07. The summed E-state index contributed by atoms with van der Waals surface area (Å²) in [4.78, 5) is 31.1. The summed E-state index contributed by atoms with van der Waals surface area (Å²) in [5.41, 5.74) is 4.22. The van der Waals surface area contributed by atoms with E-state index in [1.165, 1.54) is 49.5 Å². The molecule has 0 atom stereocenters. The highest BCUT2D eigenvalue weighted by Gasteiger charge is 2.30. The Morgan fingerprint density at radius 1 is 0.787 bits per heavy atom. The number of piperidine rings is 2. The number of carbonyl (C=O) groups excluding carboxylic acids is 2. The lowest BCUT2D eigenvalue weighted by molar-refractivity contribution is 0.0600. The molecule has 246 valence electrons. The van der Waals surface area contributed by atoms with Crippen LogP contribution in [0.15, 0.2) is 83.8 Å². The van der Waals surface area contributed by atoms with E-state index in [1.54, 1.807) is 12.1 Å². The molecule has 0 radical (unpaired) electrons. The van der Waals surface area contributed by atoms with Crippen LogP contribution in [0, 0.1) is 0 Å². The minimum absolute atomic E-state index is 0.0417. The van der Waals surface area contributed by atoms with Crippen molar-refractivity contribution in [2.75, 3.05) is 59.8 Å². The van der Waals surface area contributed by atoms with Gasteiger partial charge in [-0.25, -0.2) is 13.2 Å². The number of nitrogens with zero attached hydrogens (tertiary/aromatic N) is 3. The van der Waals surface area contributed by atoms with Crippen molar-refractivity contribution in [3.63, 3.8) is 0 Å². The first kappa shape index (κ1) is 32.6. The number of hydrogen-bond acceptors (Lipinski definition) is 8. The van der Waals surface area contributed by atoms with E-state index in [0.29, 0.717) is 21.8 Å². The fourth-order valence-electron chi connectivity index (χ4n) is 6.19. The molecule has 2 aliphatic rings. The van der Waals surface area contributed by atoms with Gasteiger partial charge in [0.1, 0.15) is 4.90 Å². The zero-order valence-electron chi connectivity index (χ0n) is 26.8. The highest BCUT2D eigenvalue weighted by molar-refractivity contribution is 7.93. The molecule has 1 aromatic heterocycles. The zero-order chi connectivity index (χ0) is 33.0. The van der Waals surface area contributed by atoms with Crippen LogP contribution in [0.25, 0.3) is 10.4 Å². The van der Waals surface area contributed by atoms with E-state index in [0.717, 1.165) is 80.1 Å². The normalized spacial score (nSPS) is 15.3. The molecule has 0 bridgehead atoms. The number of nitrogens with one attached hydrogen (secondary N) is 1. The van der Waals surface area contributed by atoms with Crippen molar-refractivity contribution in [3.8, 4) is 10.4 Å². The summed E-state index contributed by atoms with van der Waals surface area (Å²) in [7, 11) is -1.35. The number of benzene rings is 3. The minimum Gasteiger partial charge on any atom is -0.465 e. The Labute approximate surface area is 280 Å². The number of methoxy groups -OCH3 is 1. The first-order valence-electron chi connectivity index (χ1n) is 16.1. The summed E-state index contributed by atoms with van der Waals surface area (Å²) in [6, 6.07) is 23.4. The van der Waals surface area contributed by atoms with Crippen LogP contribution in [0.2, 0.25) is 0 Å². The predicted molar refractivity (Wildman–Crippen MR) is 190 cm³/mol. The molecule has 0 unspecified atom stereocenters. The van der Waals surface area contributed by atoms with Gasteiger partial charge in [0.25, 0.3) is 15.9 Å². The maximum absolute atomic E-state index is 14.2. The van der Waals surface area contributed by atoms with Crippen LogP contribution in [-0.2, 0) is 14.8 Å². The third kappa shape index (κ3) is 7.16. The fourth-order valence-corrected chi connectivity index (χ4v) is 8.97. The summed E-state index contributed by atoms with van der Waals surface area (Å²) in [6.45, 7) is 3.98. The molecule has 2 saturated heterocycles. The Hall–Kier alpha value is -4.35. The van der Waals surface area contributed by atoms with Crippen molar-refractivity contribution < 1.29 is 22.7 Å². The topological polar surface area (TPSA) is 99.3 Å². The molecular formula is C36H40N4O5S2. The van der Waals surface area contributed by atoms with Crippen molar-refractivity contribution in [3.05, 3.63) is 89.3 Å². The number of hydrogen-bond donors (Lipinski definition) is 1. The summed E-state index contributed by atoms with van der Waals surface area (Å²) < 4.78 is 34.4. The van der Waals surface area contributed by atoms with Gasteiger partial charge in [-0.3, -0.25) is 9.10 Å². The van der Waals surface area contributed by atoms with E-state index >= 15 is 0 Å². The number of amides is 1. The van der Waals surface area contributed by atoms with Crippen molar-refractivity contribution >= 4 is 56.0 Å². The average molecular weight is 673 g/mol. The molecule has 1 N–H and O–H groups in total. The van der Waals surface area contributed by atoms with Gasteiger partial charge in [0.05, 0.1) is 28.1 Å². The Kier molecular flexibility index (Phi) is 9.84. The van der Waals surface area contributed by atoms with Crippen LogP contribution in [0.3, 0.4) is 0 Å². The molecular weight excluding hydrogens is 633 g/mol. The van der Waals surface area contributed by atoms with Gasteiger partial charge in [-0.15, -0.1) is 11.3 Å². The number of sulfonamides is 1. The van der Waals surface area contributed by atoms with Gasteiger partial charge in [0.15, 0.2) is 0 Å². The summed E-state index contributed by atoms with van der Waals surface area (Å²) in [5.74, 6) is -0.879. The van der Waals surface area contributed by atoms with E-state index in [4.69, 9.17) is 4.74 Å². The molecule has 2 aliphatic heterocycles. The second-order valence-electron chi connectivity index (χ2n) is 12.0. The molecule has 0 saturated carbocycles. The Balaban J connectivity index is 1.33. The van der Waals surface area contributed by atoms with Crippen LogP contribution >= 0.6 is 11.3 Å². The average Bonchev–Trinajstić information content (AvgIpc) is 3.59. The smallest absolute Gasteiger partial charge is 0.337 e. The summed E-state index contributed by atoms with van der Waals surface area (Å²) in [5, 5.41) is 3.00. The molecule has 11 heteroatoms. The van der Waals surface area contributed by atoms with Gasteiger partial charge < -0.3 is 19.9 Å². The van der Waals surface area contributed by atoms with E-state index in [1.807, 2.05) is 42.5 Å². The first-order chi connectivity index (χ1) is 22.7. The predicted octanol–water partition coefficient (Wildman–Crippen LogP) is 7.26. The Bertz CT molecular complexity index is 1830. The number of rotatable bonds is 9. The van der Waals surface area contributed by atoms with E-state index in [2.05, 4.69) is 21.2 Å². The van der Waals surface area contributed by atoms with Crippen LogP contribution in [0.4, 0.5) is 22.7 Å². The van der Waals surface area contributed by atoms with Crippen molar-refractivity contribution in [2.24, 2.45) is 0 Å². The quantitative estimate of drug-likeness (QED) is 0.187. The van der Waals surface area contributed by atoms with E-state index < -0.39 is 16.0 Å². The molecule has 0 spiro atoms. The third-order valence-corrected chi connectivity index (χ3v) is 12.0. The molecule has 0 aliphatic carbocycles. The van der Waals surface area contributed by atoms with Gasteiger partial charge in [0.2, 0.25) is 0 Å². The van der Waals surface area contributed by atoms with Gasteiger partial charge in [-0.1, -0.05) is 18.2 Å². The maximum Gasteiger partial charge on any atom is 0.337 e. The lowest BCUT2D eigenvalue weighted by Crippen LogP contribution is -2.29. The number of ether oxygens (including phenoxy) is 1. The van der Waals surface area contributed by atoms with Crippen molar-refractivity contribution in [1.82, 2.24) is 0 Å². The Morgan fingerprint density at radius 3 is 2.02 bits per heavy atom. The van der Waals surface area contributed by atoms with Gasteiger partial charge in [-0.05, 0) is 105 Å². The van der Waals surface area contributed by atoms with Crippen LogP contribution in [0.1, 0.15) is 58.6 Å². The van der Waals surface area contributed by atoms with Gasteiger partial charge in [-0.2, -0.15) is 0 Å². The van der Waals surface area contributed by atoms with Gasteiger partial charge in [0, 0.05) is 50.3 Å². The summed E-state index contributed by atoms with van der Waals surface area (Å²) >= 11 is 1.16. The maximum atomic E-state index is 14.2. The molecule has 3 heterocycles. The second kappa shape index (κ2) is 14.2. The third-order valence-electron chi connectivity index (χ3n) is 8.89. The van der Waals surface area contributed by atoms with E-state index in [-0.39, 0.29) is 15.7 Å². The minimum atomic E-state index is -4.12. The number of thiophene rings is 1. The molecule has 47 heavy (non-hydrogen) atoms. The molecule has 1 amide bonds. The van der Waals surface area contributed by atoms with Crippen LogP contribution < -0.4 is 19.4 Å². The first-order valence-corrected chi connectivity index (χ1v) is 18.3. The molecule has 4 aromatic rings. The van der Waals surface area contributed by atoms with Crippen LogP contribution in [-0.4, -0.2) is 60.6 Å². The standard InChI is InChI=1S/C36H40N4O5S2/c1-38(29-16-14-27(15-17-29)36(42)45-2)47(43,44)33-25-32(35(41)37-28-10-9-11-31(24-28)40-22-7-4-8-23-40)46-34(33)26-12-18-30(19-13-26)39-20-5-3-6-21-39/h9-19,24-25H,3-8,20-23H2,1-2H3,(H,37,41). The van der Waals surface area contributed by atoms with Crippen LogP contribution in [0.5, 0.6) is 0 Å². The lowest BCUT2D eigenvalue weighted by atomic mass is 10.1. The lowest BCUT2D eigenvalue weighted by Gasteiger charge is -2.29. The number of anilines is 4. The largest absolute Gasteiger partial charge is 0.465 e. The fraction of sp³-hybridized carbons (Fsp3) is 0.333. The molecule has 9 nitrogen and oxygen atoms in total. The highest BCUT2D eigenvalue weighted by Crippen LogP contribution is 2.39. The number of carbonyl (C=O) groups is 2. The van der Waals surface area contributed by atoms with E-state index in [9.17, 15) is 18.0 Å². The second-order valence-corrected chi connectivity index (χ2v) is 15.0. The number of esters is 1. The molecule has 2 fully saturated rings. The SMILES string of the molecule is COC(=O)c1ccc(N(C)S(=O)(=O)c2cc(C(=O)Nc3cccc(N4CCCCC4)c3)sc2-c2ccc(N3CCCCC3)cc2)cc1. The van der Waals surface area contributed by atoms with Crippen molar-refractivity contribution in [2.45, 2.75) is 43.4 Å². The Morgan fingerprint density at radius 2 is 1.40 bits per heavy atom.